The number of hydrogen-bond acceptors (Lipinski definition) is 10. The van der Waals surface area contributed by atoms with Gasteiger partial charge in [-0.3, -0.25) is 14.4 Å². The number of aromatic amines is 1. The van der Waals surface area contributed by atoms with Crippen molar-refractivity contribution in [1.29, 1.82) is 0 Å². The van der Waals surface area contributed by atoms with E-state index in [4.69, 9.17) is 9.72 Å². The molecule has 1 aliphatic heterocycles. The van der Waals surface area contributed by atoms with E-state index in [9.17, 15) is 9.18 Å². The predicted molar refractivity (Wildman–Crippen MR) is 173 cm³/mol. The molecule has 1 atom stereocenters. The number of rotatable bonds is 11. The fraction of sp³-hybridized carbons (Fsp3) is 0.375. The molecule has 1 unspecified atom stereocenters. The van der Waals surface area contributed by atoms with Crippen LogP contribution in [-0.2, 0) is 11.8 Å². The number of nitrogens with zero attached hydrogens (tertiary/aromatic N) is 7. The largest absolute Gasteiger partial charge is 0.471 e. The normalized spacial score (nSPS) is 16.6. The number of aryl methyl sites for hydroxylation is 3. The maximum Gasteiger partial charge on any atom is 0.255 e. The van der Waals surface area contributed by atoms with Gasteiger partial charge in [-0.1, -0.05) is 12.1 Å². The lowest BCUT2D eigenvalue weighted by atomic mass is 10.1. The summed E-state index contributed by atoms with van der Waals surface area (Å²) in [6.07, 6.45) is 7.58. The number of likely N-dealkylation sites (tertiary alicyclic amines) is 1. The van der Waals surface area contributed by atoms with Crippen LogP contribution in [-0.4, -0.2) is 77.8 Å². The van der Waals surface area contributed by atoms with Crippen LogP contribution in [0.5, 0.6) is 5.88 Å². The third kappa shape index (κ3) is 6.47. The van der Waals surface area contributed by atoms with Gasteiger partial charge in [-0.15, -0.1) is 0 Å². The summed E-state index contributed by atoms with van der Waals surface area (Å²) < 4.78 is 22.1. The maximum atomic E-state index is 14.4. The second-order valence-electron chi connectivity index (χ2n) is 12.1. The first kappa shape index (κ1) is 29.6. The third-order valence-electron chi connectivity index (χ3n) is 8.40. The third-order valence-corrected chi connectivity index (χ3v) is 8.40. The molecule has 14 heteroatoms. The lowest BCUT2D eigenvalue weighted by molar-refractivity contribution is -0.117. The molecule has 1 saturated carbocycles. The van der Waals surface area contributed by atoms with Crippen molar-refractivity contribution in [2.45, 2.75) is 39.2 Å². The summed E-state index contributed by atoms with van der Waals surface area (Å²) in [5, 5.41) is 14.7. The molecule has 238 valence electrons. The number of anilines is 4. The Kier molecular flexibility index (Phi) is 7.95. The van der Waals surface area contributed by atoms with Gasteiger partial charge in [-0.25, -0.2) is 15.0 Å². The average Bonchev–Trinajstić information content (AvgIpc) is 3.45. The number of amides is 1. The fourth-order valence-electron chi connectivity index (χ4n) is 5.63. The molecule has 0 bridgehead atoms. The number of nitrogens with one attached hydrogen (secondary N) is 4. The van der Waals surface area contributed by atoms with Crippen molar-refractivity contribution < 1.29 is 13.9 Å². The Morgan fingerprint density at radius 1 is 1.13 bits per heavy atom. The summed E-state index contributed by atoms with van der Waals surface area (Å²) in [7, 11) is 1.88. The number of H-pyrrole nitrogens is 1. The maximum absolute atomic E-state index is 14.4. The van der Waals surface area contributed by atoms with Crippen LogP contribution in [0.4, 0.5) is 27.8 Å². The minimum atomic E-state index is -0.598. The van der Waals surface area contributed by atoms with Crippen molar-refractivity contribution in [2.24, 2.45) is 13.0 Å². The highest BCUT2D eigenvalue weighted by atomic mass is 19.1. The minimum Gasteiger partial charge on any atom is -0.471 e. The van der Waals surface area contributed by atoms with Gasteiger partial charge in [-0.05, 0) is 50.7 Å². The van der Waals surface area contributed by atoms with E-state index in [1.165, 1.54) is 12.8 Å². The minimum absolute atomic E-state index is 0.0625. The van der Waals surface area contributed by atoms with Gasteiger partial charge in [0.25, 0.3) is 5.88 Å². The Labute approximate surface area is 265 Å². The van der Waals surface area contributed by atoms with Gasteiger partial charge in [0.2, 0.25) is 23.6 Å². The first-order valence-electron chi connectivity index (χ1n) is 15.5. The van der Waals surface area contributed by atoms with Crippen LogP contribution < -0.4 is 20.7 Å². The average molecular weight is 626 g/mol. The molecule has 1 amide bonds. The van der Waals surface area contributed by atoms with E-state index in [0.717, 1.165) is 46.2 Å². The quantitative estimate of drug-likeness (QED) is 0.164. The Balaban J connectivity index is 0.993. The second-order valence-corrected chi connectivity index (χ2v) is 12.1. The van der Waals surface area contributed by atoms with Gasteiger partial charge in [0.05, 0.1) is 29.6 Å². The molecular weight excluding hydrogens is 589 g/mol. The number of halogens is 1. The molecule has 5 aromatic rings. The molecule has 1 aromatic carbocycles. The highest BCUT2D eigenvalue weighted by Gasteiger charge is 2.28. The molecule has 2 aliphatic rings. The van der Waals surface area contributed by atoms with Gasteiger partial charge < -0.3 is 25.7 Å². The summed E-state index contributed by atoms with van der Waals surface area (Å²) in [6.45, 7) is 6.03. The fourth-order valence-corrected chi connectivity index (χ4v) is 5.63. The molecule has 4 N–H and O–H groups in total. The molecule has 46 heavy (non-hydrogen) atoms. The highest BCUT2D eigenvalue weighted by molar-refractivity contribution is 6.06. The van der Waals surface area contributed by atoms with Crippen molar-refractivity contribution in [1.82, 2.24) is 39.6 Å². The zero-order valence-electron chi connectivity index (χ0n) is 26.0. The van der Waals surface area contributed by atoms with E-state index in [1.807, 2.05) is 56.3 Å². The molecule has 4 aromatic heterocycles. The Morgan fingerprint density at radius 3 is 2.78 bits per heavy atom. The van der Waals surface area contributed by atoms with Gasteiger partial charge in [0, 0.05) is 61.8 Å². The number of aromatic nitrogens is 7. The summed E-state index contributed by atoms with van der Waals surface area (Å²) in [5.41, 5.74) is 5.07. The second kappa shape index (κ2) is 12.4. The number of hydrogen-bond donors (Lipinski definition) is 4. The first-order valence-corrected chi connectivity index (χ1v) is 15.5. The zero-order chi connectivity index (χ0) is 31.8. The molecule has 13 nitrogen and oxygen atoms in total. The van der Waals surface area contributed by atoms with Crippen molar-refractivity contribution in [3.63, 3.8) is 0 Å². The van der Waals surface area contributed by atoms with Crippen LogP contribution in [0, 0.1) is 25.6 Å². The highest BCUT2D eigenvalue weighted by Crippen LogP contribution is 2.34. The Morgan fingerprint density at radius 2 is 1.98 bits per heavy atom. The summed E-state index contributed by atoms with van der Waals surface area (Å²) >= 11 is 0. The number of para-hydroxylation sites is 1. The lowest BCUT2D eigenvalue weighted by Crippen LogP contribution is -2.33. The lowest BCUT2D eigenvalue weighted by Gasteiger charge is -2.17. The molecule has 1 saturated heterocycles. The molecule has 0 radical (unpaired) electrons. The van der Waals surface area contributed by atoms with Crippen LogP contribution in [0.2, 0.25) is 0 Å². The standard InChI is InChI=1S/C32H36FN11O2/c1-18-12-35-32(39-26-11-19(2)43(3)42-26)40-28(18)23-14-34-29-22(23)5-4-6-25(29)38-27(45)17-44-10-9-21(16-44)46-30-24(33)15-37-31(41-30)36-13-20-7-8-20/h4-6,11-12,14-15,20-21,34H,7-10,13,16-17H2,1-3H3,(H,38,45)(H,36,37,41)(H,35,39,40,42). The van der Waals surface area contributed by atoms with E-state index >= 15 is 0 Å². The van der Waals surface area contributed by atoms with Gasteiger partial charge >= 0.3 is 0 Å². The topological polar surface area (TPSA) is 151 Å². The number of ether oxygens (including phenoxy) is 1. The van der Waals surface area contributed by atoms with Crippen LogP contribution in [0.1, 0.15) is 30.5 Å². The van der Waals surface area contributed by atoms with Crippen LogP contribution in [0.25, 0.3) is 22.2 Å². The molecule has 7 rings (SSSR count). The monoisotopic (exact) mass is 625 g/mol. The van der Waals surface area contributed by atoms with Crippen molar-refractivity contribution in [2.75, 3.05) is 42.1 Å². The number of fused-ring (bicyclic) bond motifs is 1. The molecular formula is C32H36FN11O2. The van der Waals surface area contributed by atoms with Crippen molar-refractivity contribution in [3.05, 3.63) is 59.9 Å². The molecule has 5 heterocycles. The molecule has 2 fully saturated rings. The first-order chi connectivity index (χ1) is 22.3. The molecule has 0 spiro atoms. The summed E-state index contributed by atoms with van der Waals surface area (Å²) in [6, 6.07) is 7.70. The zero-order valence-corrected chi connectivity index (χ0v) is 26.0. The van der Waals surface area contributed by atoms with Gasteiger partial charge in [0.1, 0.15) is 6.10 Å². The predicted octanol–water partition coefficient (Wildman–Crippen LogP) is 4.56. The van der Waals surface area contributed by atoms with Crippen LogP contribution in [0.3, 0.4) is 0 Å². The van der Waals surface area contributed by atoms with Gasteiger partial charge in [0.15, 0.2) is 5.82 Å². The number of benzene rings is 1. The van der Waals surface area contributed by atoms with Crippen molar-refractivity contribution in [3.8, 4) is 17.1 Å². The van der Waals surface area contributed by atoms with E-state index in [2.05, 4.69) is 41.0 Å². The van der Waals surface area contributed by atoms with E-state index in [-0.39, 0.29) is 24.4 Å². The van der Waals surface area contributed by atoms with Crippen LogP contribution >= 0.6 is 0 Å². The summed E-state index contributed by atoms with van der Waals surface area (Å²) in [5.74, 6) is 1.30. The van der Waals surface area contributed by atoms with E-state index in [0.29, 0.717) is 48.8 Å². The van der Waals surface area contributed by atoms with Gasteiger partial charge in [-0.2, -0.15) is 14.5 Å². The Bertz CT molecular complexity index is 1880. The number of carbonyl (C=O) groups excluding carboxylic acids is 1. The van der Waals surface area contributed by atoms with E-state index in [1.54, 1.807) is 10.9 Å². The smallest absolute Gasteiger partial charge is 0.255 e. The number of carbonyl (C=O) groups is 1. The SMILES string of the molecule is Cc1cnc(Nc2cc(C)n(C)n2)nc1-c1c[nH]c2c(NC(=O)CN3CCC(Oc4nc(NCC5CC5)ncc4F)C3)cccc12. The van der Waals surface area contributed by atoms with Crippen molar-refractivity contribution >= 4 is 40.2 Å². The Hall–Kier alpha value is -5.11. The summed E-state index contributed by atoms with van der Waals surface area (Å²) in [4.78, 5) is 35.9. The van der Waals surface area contributed by atoms with E-state index < -0.39 is 5.82 Å². The van der Waals surface area contributed by atoms with Crippen LogP contribution in [0.15, 0.2) is 42.9 Å². The molecule has 1 aliphatic carbocycles.